The van der Waals surface area contributed by atoms with E-state index in [0.717, 1.165) is 6.42 Å². The van der Waals surface area contributed by atoms with Crippen LogP contribution < -0.4 is 49.9 Å². The number of aliphatic carboxylic acids is 1. The molecular weight excluding hydrogens is 686 g/mol. The largest absolute Gasteiger partial charge is 0.480 e. The molecule has 1 aliphatic rings. The first-order valence-electron chi connectivity index (χ1n) is 19.0. The van der Waals surface area contributed by atoms with E-state index in [-0.39, 0.29) is 43.7 Å². The van der Waals surface area contributed by atoms with Gasteiger partial charge in [-0.1, -0.05) is 40.5 Å². The number of hydrogen-bond donors (Lipinski definition) is 10. The van der Waals surface area contributed by atoms with Crippen LogP contribution in [0.3, 0.4) is 0 Å². The minimum absolute atomic E-state index is 0.0261. The number of likely N-dealkylation sites (tertiary alicyclic amines) is 1. The molecule has 0 saturated carbocycles. The van der Waals surface area contributed by atoms with Crippen molar-refractivity contribution in [2.75, 3.05) is 26.2 Å². The predicted octanol–water partition coefficient (Wildman–Crippen LogP) is -1.27. The lowest BCUT2D eigenvalue weighted by atomic mass is 9.98. The average molecular weight is 754 g/mol. The molecule has 0 aromatic carbocycles. The number of nitrogens with zero attached hydrogens (tertiary/aromatic N) is 2. The molecule has 0 bridgehead atoms. The molecule has 53 heavy (non-hydrogen) atoms. The van der Waals surface area contributed by atoms with Gasteiger partial charge in [0.05, 0.1) is 6.04 Å². The number of guanidine groups is 1. The van der Waals surface area contributed by atoms with Crippen LogP contribution in [-0.4, -0.2) is 114 Å². The van der Waals surface area contributed by atoms with Gasteiger partial charge in [0.15, 0.2) is 5.96 Å². The molecule has 304 valence electrons. The predicted molar refractivity (Wildman–Crippen MR) is 203 cm³/mol. The molecular formula is C35H67N11O7. The Balaban J connectivity index is 3.25. The quantitative estimate of drug-likeness (QED) is 0.0281. The van der Waals surface area contributed by atoms with Crippen molar-refractivity contribution in [2.24, 2.45) is 45.5 Å². The smallest absolute Gasteiger partial charge is 0.326 e. The van der Waals surface area contributed by atoms with Crippen LogP contribution in [0.2, 0.25) is 0 Å². The van der Waals surface area contributed by atoms with Crippen molar-refractivity contribution >= 4 is 41.5 Å². The number of carbonyl (C=O) groups is 6. The van der Waals surface area contributed by atoms with Crippen molar-refractivity contribution in [2.45, 2.75) is 141 Å². The first-order chi connectivity index (χ1) is 25.1. The minimum Gasteiger partial charge on any atom is -0.480 e. The van der Waals surface area contributed by atoms with Gasteiger partial charge in [0, 0.05) is 13.1 Å². The van der Waals surface area contributed by atoms with Crippen molar-refractivity contribution < 1.29 is 33.9 Å². The number of carboxylic acids is 1. The lowest BCUT2D eigenvalue weighted by Crippen LogP contribution is -2.59. The number of hydrogen-bond acceptors (Lipinski definition) is 10. The van der Waals surface area contributed by atoms with E-state index in [1.54, 1.807) is 13.8 Å². The summed E-state index contributed by atoms with van der Waals surface area (Å²) in [6, 6.07) is -6.05. The van der Waals surface area contributed by atoms with Crippen LogP contribution >= 0.6 is 0 Å². The lowest BCUT2D eigenvalue weighted by molar-refractivity contribution is -0.144. The summed E-state index contributed by atoms with van der Waals surface area (Å²) in [5.41, 5.74) is 28.2. The van der Waals surface area contributed by atoms with Gasteiger partial charge in [-0.3, -0.25) is 29.0 Å². The molecule has 1 rings (SSSR count). The lowest BCUT2D eigenvalue weighted by Gasteiger charge is -2.31. The van der Waals surface area contributed by atoms with Crippen LogP contribution in [0.1, 0.15) is 105 Å². The van der Waals surface area contributed by atoms with Gasteiger partial charge >= 0.3 is 5.97 Å². The molecule has 0 aromatic heterocycles. The summed E-state index contributed by atoms with van der Waals surface area (Å²) >= 11 is 0. The Labute approximate surface area is 313 Å². The van der Waals surface area contributed by atoms with Gasteiger partial charge < -0.3 is 59.9 Å². The van der Waals surface area contributed by atoms with Crippen LogP contribution in [-0.2, 0) is 28.8 Å². The van der Waals surface area contributed by atoms with Crippen LogP contribution in [0.4, 0.5) is 0 Å². The highest BCUT2D eigenvalue weighted by Gasteiger charge is 2.40. The van der Waals surface area contributed by atoms with Gasteiger partial charge in [-0.05, 0) is 89.1 Å². The number of aliphatic imine (C=N–C) groups is 1. The molecule has 18 heteroatoms. The third kappa shape index (κ3) is 17.1. The summed E-state index contributed by atoms with van der Waals surface area (Å²) in [7, 11) is 0. The summed E-state index contributed by atoms with van der Waals surface area (Å²) < 4.78 is 0. The molecule has 5 amide bonds. The average Bonchev–Trinajstić information content (AvgIpc) is 3.60. The number of carbonyl (C=O) groups excluding carboxylic acids is 5. The van der Waals surface area contributed by atoms with Crippen LogP contribution in [0.15, 0.2) is 4.99 Å². The third-order valence-electron chi connectivity index (χ3n) is 9.40. The first kappa shape index (κ1) is 47.0. The second-order valence-corrected chi connectivity index (χ2v) is 14.3. The van der Waals surface area contributed by atoms with Gasteiger partial charge in [-0.25, -0.2) is 4.79 Å². The highest BCUT2D eigenvalue weighted by Crippen LogP contribution is 2.21. The number of rotatable bonds is 26. The van der Waals surface area contributed by atoms with E-state index < -0.39 is 71.8 Å². The Hall–Kier alpha value is -4.03. The van der Waals surface area contributed by atoms with E-state index in [2.05, 4.69) is 26.3 Å². The SMILES string of the molecule is CC[C@H](C)[C@H](NC(=O)[C@H](CCCN=C(N)N)NC(=O)[C@@H]1CCCN1C(=O)[C@H](CCCCN)NC(=O)[C@H](CC(C)C)NC(=O)[C@@H](N)CCCCN)C(=O)O. The summed E-state index contributed by atoms with van der Waals surface area (Å²) in [6.07, 6.45) is 5.15. The Morgan fingerprint density at radius 2 is 1.38 bits per heavy atom. The Morgan fingerprint density at radius 3 is 1.94 bits per heavy atom. The van der Waals surface area contributed by atoms with Crippen LogP contribution in [0.25, 0.3) is 0 Å². The molecule has 0 aliphatic carbocycles. The maximum Gasteiger partial charge on any atom is 0.326 e. The van der Waals surface area contributed by atoms with Gasteiger partial charge in [0.2, 0.25) is 29.5 Å². The Morgan fingerprint density at radius 1 is 0.792 bits per heavy atom. The summed E-state index contributed by atoms with van der Waals surface area (Å²) in [4.78, 5) is 85.2. The molecule has 0 radical (unpaired) electrons. The molecule has 1 aliphatic heterocycles. The van der Waals surface area contributed by atoms with E-state index in [4.69, 9.17) is 28.7 Å². The molecule has 0 aromatic rings. The monoisotopic (exact) mass is 754 g/mol. The number of unbranched alkanes of at least 4 members (excludes halogenated alkanes) is 2. The fourth-order valence-electron chi connectivity index (χ4n) is 6.12. The molecule has 7 atom stereocenters. The molecule has 18 nitrogen and oxygen atoms in total. The molecule has 15 N–H and O–H groups in total. The van der Waals surface area contributed by atoms with Crippen molar-refractivity contribution in [3.05, 3.63) is 0 Å². The van der Waals surface area contributed by atoms with E-state index >= 15 is 0 Å². The zero-order valence-corrected chi connectivity index (χ0v) is 32.1. The topological polar surface area (TPSA) is 316 Å². The van der Waals surface area contributed by atoms with E-state index in [0.29, 0.717) is 70.9 Å². The molecule has 1 fully saturated rings. The van der Waals surface area contributed by atoms with Gasteiger partial charge in [0.1, 0.15) is 30.2 Å². The third-order valence-corrected chi connectivity index (χ3v) is 9.40. The number of nitrogens with two attached hydrogens (primary N) is 5. The maximum absolute atomic E-state index is 14.1. The minimum atomic E-state index is -1.20. The van der Waals surface area contributed by atoms with E-state index in [1.165, 1.54) is 4.90 Å². The summed E-state index contributed by atoms with van der Waals surface area (Å²) in [6.45, 7) is 8.59. The van der Waals surface area contributed by atoms with E-state index in [1.807, 2.05) is 13.8 Å². The Bertz CT molecular complexity index is 1210. The second-order valence-electron chi connectivity index (χ2n) is 14.3. The number of carboxylic acid groups (broad SMARTS) is 1. The van der Waals surface area contributed by atoms with Crippen molar-refractivity contribution in [1.29, 1.82) is 0 Å². The zero-order valence-electron chi connectivity index (χ0n) is 32.1. The maximum atomic E-state index is 14.1. The number of amides is 5. The standard InChI is InChI=1S/C35H67N11O7/c1-5-22(4)28(34(52)53)45-30(48)24(14-10-18-41-35(39)40)42-32(50)27-15-11-19-46(27)33(51)25(13-7-9-17-37)43-31(49)26(20-21(2)3)44-29(47)23(38)12-6-8-16-36/h21-28H,5-20,36-38H2,1-4H3,(H,42,50)(H,43,49)(H,44,47)(H,45,48)(H,52,53)(H4,39,40,41)/t22-,23-,24-,25-,26-,27-,28-/m0/s1. The summed E-state index contributed by atoms with van der Waals surface area (Å²) in [5.74, 6) is -4.45. The molecule has 0 spiro atoms. The van der Waals surface area contributed by atoms with Crippen molar-refractivity contribution in [3.63, 3.8) is 0 Å². The highest BCUT2D eigenvalue weighted by atomic mass is 16.4. The summed E-state index contributed by atoms with van der Waals surface area (Å²) in [5, 5.41) is 20.6. The van der Waals surface area contributed by atoms with Gasteiger partial charge in [-0.2, -0.15) is 0 Å². The van der Waals surface area contributed by atoms with Crippen LogP contribution in [0.5, 0.6) is 0 Å². The van der Waals surface area contributed by atoms with Crippen molar-refractivity contribution in [3.8, 4) is 0 Å². The zero-order chi connectivity index (χ0) is 40.1. The van der Waals surface area contributed by atoms with Crippen molar-refractivity contribution in [1.82, 2.24) is 26.2 Å². The Kier molecular flexibility index (Phi) is 22.2. The molecule has 0 unspecified atom stereocenters. The fraction of sp³-hybridized carbons (Fsp3) is 0.800. The fourth-order valence-corrected chi connectivity index (χ4v) is 6.12. The molecule has 1 saturated heterocycles. The van der Waals surface area contributed by atoms with Gasteiger partial charge in [0.25, 0.3) is 0 Å². The first-order valence-corrected chi connectivity index (χ1v) is 19.0. The normalized spacial score (nSPS) is 17.5. The number of nitrogens with one attached hydrogen (secondary N) is 4. The van der Waals surface area contributed by atoms with Gasteiger partial charge in [-0.15, -0.1) is 0 Å². The highest BCUT2D eigenvalue weighted by molar-refractivity contribution is 5.96. The van der Waals surface area contributed by atoms with E-state index in [9.17, 15) is 33.9 Å². The molecule has 1 heterocycles. The van der Waals surface area contributed by atoms with Crippen LogP contribution in [0, 0.1) is 11.8 Å². The second kappa shape index (κ2) is 25.1.